The van der Waals surface area contributed by atoms with E-state index in [4.69, 9.17) is 5.41 Å². The molecule has 0 fully saturated rings. The highest BCUT2D eigenvalue weighted by molar-refractivity contribution is 6.10. The number of rotatable bonds is 2. The second-order valence-electron chi connectivity index (χ2n) is 1.25. The fraction of sp³-hybridized carbons (Fsp3) is 0.200. The lowest BCUT2D eigenvalue weighted by molar-refractivity contribution is -0.116. The molecule has 8 heavy (non-hydrogen) atoms. The Bertz CT molecular complexity index is 128. The fourth-order valence-corrected chi connectivity index (χ4v) is 0.226. The first-order chi connectivity index (χ1) is 3.72. The van der Waals surface area contributed by atoms with E-state index in [-0.39, 0.29) is 11.5 Å². The summed E-state index contributed by atoms with van der Waals surface area (Å²) in [5.41, 5.74) is 0.174. The van der Waals surface area contributed by atoms with Crippen LogP contribution >= 0.6 is 0 Å². The molecule has 0 aromatic carbocycles. The van der Waals surface area contributed by atoms with E-state index in [2.05, 4.69) is 11.9 Å². The maximum absolute atomic E-state index is 10.4. The number of carbonyl (C=O) groups excluding carboxylic acids is 1. The molecule has 44 valence electrons. The topological polar surface area (TPSA) is 53.0 Å². The normalized spacial score (nSPS) is 7.62. The standard InChI is InChI=1S/C5H8N2O/c1-4(3-6)5(8)7-2/h3,6H,1H2,2H3,(H,7,8). The van der Waals surface area contributed by atoms with Gasteiger partial charge in [-0.05, 0) is 0 Å². The van der Waals surface area contributed by atoms with Gasteiger partial charge < -0.3 is 10.7 Å². The average Bonchev–Trinajstić information content (AvgIpc) is 1.84. The van der Waals surface area contributed by atoms with Crippen LogP contribution in [0, 0.1) is 5.41 Å². The van der Waals surface area contributed by atoms with Gasteiger partial charge in [0.1, 0.15) is 0 Å². The van der Waals surface area contributed by atoms with Crippen molar-refractivity contribution >= 4 is 12.1 Å². The van der Waals surface area contributed by atoms with E-state index < -0.39 is 0 Å². The third-order valence-electron chi connectivity index (χ3n) is 0.693. The van der Waals surface area contributed by atoms with Gasteiger partial charge in [0.2, 0.25) is 0 Å². The number of likely N-dealkylation sites (N-methyl/N-ethyl adjacent to an activating group) is 1. The molecule has 2 N–H and O–H groups in total. The summed E-state index contributed by atoms with van der Waals surface area (Å²) in [5, 5.41) is 8.88. The molecule has 0 unspecified atom stereocenters. The summed E-state index contributed by atoms with van der Waals surface area (Å²) in [6, 6.07) is 0. The lowest BCUT2D eigenvalue weighted by Crippen LogP contribution is -2.19. The molecule has 0 aliphatic rings. The zero-order chi connectivity index (χ0) is 6.57. The lowest BCUT2D eigenvalue weighted by Gasteiger charge is -1.92. The van der Waals surface area contributed by atoms with Crippen LogP contribution in [0.25, 0.3) is 0 Å². The molecule has 0 saturated carbocycles. The molecule has 0 heterocycles. The van der Waals surface area contributed by atoms with Crippen molar-refractivity contribution in [3.63, 3.8) is 0 Å². The molecule has 3 heteroatoms. The minimum absolute atomic E-state index is 0.174. The van der Waals surface area contributed by atoms with Crippen LogP contribution in [0.15, 0.2) is 12.2 Å². The molecule has 0 bridgehead atoms. The van der Waals surface area contributed by atoms with Crippen LogP contribution in [0.1, 0.15) is 0 Å². The Morgan fingerprint density at radius 3 is 2.50 bits per heavy atom. The lowest BCUT2D eigenvalue weighted by atomic mass is 10.3. The highest BCUT2D eigenvalue weighted by atomic mass is 16.1. The average molecular weight is 112 g/mol. The molecule has 0 rings (SSSR count). The number of amides is 1. The van der Waals surface area contributed by atoms with E-state index in [1.165, 1.54) is 7.05 Å². The monoisotopic (exact) mass is 112 g/mol. The van der Waals surface area contributed by atoms with Crippen molar-refractivity contribution in [1.82, 2.24) is 5.32 Å². The van der Waals surface area contributed by atoms with Crippen LogP contribution in [-0.4, -0.2) is 19.2 Å². The molecule has 0 aliphatic heterocycles. The Morgan fingerprint density at radius 2 is 2.38 bits per heavy atom. The van der Waals surface area contributed by atoms with Crippen LogP contribution in [0.5, 0.6) is 0 Å². The fourth-order valence-electron chi connectivity index (χ4n) is 0.226. The summed E-state index contributed by atoms with van der Waals surface area (Å²) in [6.45, 7) is 3.29. The Labute approximate surface area is 47.9 Å². The minimum Gasteiger partial charge on any atom is -0.355 e. The summed E-state index contributed by atoms with van der Waals surface area (Å²) in [7, 11) is 1.50. The quantitative estimate of drug-likeness (QED) is 0.381. The highest BCUT2D eigenvalue weighted by Gasteiger charge is 1.96. The Balaban J connectivity index is 3.82. The van der Waals surface area contributed by atoms with Crippen molar-refractivity contribution < 1.29 is 4.79 Å². The maximum Gasteiger partial charge on any atom is 0.251 e. The Hall–Kier alpha value is -1.12. The van der Waals surface area contributed by atoms with Gasteiger partial charge in [-0.3, -0.25) is 4.79 Å². The van der Waals surface area contributed by atoms with Crippen LogP contribution in [0.2, 0.25) is 0 Å². The van der Waals surface area contributed by atoms with Crippen molar-refractivity contribution in [1.29, 1.82) is 5.41 Å². The van der Waals surface area contributed by atoms with E-state index in [0.717, 1.165) is 6.21 Å². The third kappa shape index (κ3) is 1.55. The second-order valence-corrected chi connectivity index (χ2v) is 1.25. The van der Waals surface area contributed by atoms with Gasteiger partial charge in [0.25, 0.3) is 5.91 Å². The SMILES string of the molecule is C=C(C=N)C(=O)NC. The van der Waals surface area contributed by atoms with Crippen molar-refractivity contribution in [2.24, 2.45) is 0 Å². The smallest absolute Gasteiger partial charge is 0.251 e. The van der Waals surface area contributed by atoms with Crippen LogP contribution in [0.3, 0.4) is 0 Å². The molecule has 0 atom stereocenters. The van der Waals surface area contributed by atoms with Gasteiger partial charge in [-0.25, -0.2) is 0 Å². The van der Waals surface area contributed by atoms with Crippen LogP contribution < -0.4 is 5.32 Å². The zero-order valence-corrected chi connectivity index (χ0v) is 4.69. The van der Waals surface area contributed by atoms with E-state index >= 15 is 0 Å². The van der Waals surface area contributed by atoms with Gasteiger partial charge in [-0.2, -0.15) is 0 Å². The summed E-state index contributed by atoms with van der Waals surface area (Å²) in [4.78, 5) is 10.4. The van der Waals surface area contributed by atoms with E-state index in [9.17, 15) is 4.79 Å². The Kier molecular flexibility index (Phi) is 2.54. The molecule has 0 aromatic rings. The predicted octanol–water partition coefficient (Wildman–Crippen LogP) is -0.0618. The Morgan fingerprint density at radius 1 is 1.88 bits per heavy atom. The molecule has 0 radical (unpaired) electrons. The van der Waals surface area contributed by atoms with Crippen molar-refractivity contribution in [3.05, 3.63) is 12.2 Å². The molecule has 3 nitrogen and oxygen atoms in total. The van der Waals surface area contributed by atoms with Gasteiger partial charge in [-0.15, -0.1) is 0 Å². The van der Waals surface area contributed by atoms with Gasteiger partial charge in [-0.1, -0.05) is 6.58 Å². The molecular weight excluding hydrogens is 104 g/mol. The summed E-state index contributed by atoms with van der Waals surface area (Å²) in [5.74, 6) is -0.306. The van der Waals surface area contributed by atoms with Gasteiger partial charge in [0, 0.05) is 18.8 Å². The number of hydrogen-bond acceptors (Lipinski definition) is 2. The first-order valence-electron chi connectivity index (χ1n) is 2.14. The molecule has 0 spiro atoms. The highest BCUT2D eigenvalue weighted by Crippen LogP contribution is 1.79. The minimum atomic E-state index is -0.306. The van der Waals surface area contributed by atoms with E-state index in [1.807, 2.05) is 0 Å². The van der Waals surface area contributed by atoms with Crippen molar-refractivity contribution in [2.75, 3.05) is 7.05 Å². The predicted molar refractivity (Wildman–Crippen MR) is 32.0 cm³/mol. The number of hydrogen-bond donors (Lipinski definition) is 2. The van der Waals surface area contributed by atoms with Gasteiger partial charge in [0.15, 0.2) is 0 Å². The van der Waals surface area contributed by atoms with Crippen LogP contribution in [0.4, 0.5) is 0 Å². The van der Waals surface area contributed by atoms with Crippen molar-refractivity contribution in [3.8, 4) is 0 Å². The van der Waals surface area contributed by atoms with E-state index in [1.54, 1.807) is 0 Å². The molecule has 0 saturated heterocycles. The zero-order valence-electron chi connectivity index (χ0n) is 4.69. The molecular formula is C5H8N2O. The molecule has 1 amide bonds. The first-order valence-corrected chi connectivity index (χ1v) is 2.14. The van der Waals surface area contributed by atoms with Gasteiger partial charge >= 0.3 is 0 Å². The van der Waals surface area contributed by atoms with Crippen LogP contribution in [-0.2, 0) is 4.79 Å². The summed E-state index contributed by atoms with van der Waals surface area (Å²) in [6.07, 6.45) is 0.916. The maximum atomic E-state index is 10.4. The summed E-state index contributed by atoms with van der Waals surface area (Å²) >= 11 is 0. The van der Waals surface area contributed by atoms with E-state index in [0.29, 0.717) is 0 Å². The number of nitrogens with one attached hydrogen (secondary N) is 2. The van der Waals surface area contributed by atoms with Gasteiger partial charge in [0.05, 0.1) is 0 Å². The third-order valence-corrected chi connectivity index (χ3v) is 0.693. The van der Waals surface area contributed by atoms with Crippen molar-refractivity contribution in [2.45, 2.75) is 0 Å². The molecule has 0 aliphatic carbocycles. The largest absolute Gasteiger partial charge is 0.355 e. The second kappa shape index (κ2) is 2.96. The number of carbonyl (C=O) groups is 1. The first kappa shape index (κ1) is 6.88. The summed E-state index contributed by atoms with van der Waals surface area (Å²) < 4.78 is 0. The molecule has 0 aromatic heterocycles.